The number of rotatable bonds is 7. The fourth-order valence-corrected chi connectivity index (χ4v) is 7.82. The van der Waals surface area contributed by atoms with Gasteiger partial charge in [0.25, 0.3) is 5.91 Å². The van der Waals surface area contributed by atoms with Crippen LogP contribution in [0.1, 0.15) is 52.7 Å². The SMILES string of the molecule is COc1cc2c(cc1C(=O)N[C@H]1[C@@H](C(=O)Nc3ccc(F)c(C(F)(F)F)c3)[C@H]3CC[C@@H]1C3=CC1CC1)CN(S(C)(=O)=O)CC2. The Morgan fingerprint density at radius 3 is 2.43 bits per heavy atom. The predicted molar refractivity (Wildman–Crippen MR) is 154 cm³/mol. The first-order chi connectivity index (χ1) is 20.7. The molecule has 1 heterocycles. The summed E-state index contributed by atoms with van der Waals surface area (Å²) in [5.74, 6) is -2.83. The largest absolute Gasteiger partial charge is 0.496 e. The number of anilines is 1. The molecule has 2 aromatic carbocycles. The summed E-state index contributed by atoms with van der Waals surface area (Å²) in [5.41, 5.74) is 1.19. The molecule has 2 aromatic rings. The third-order valence-electron chi connectivity index (χ3n) is 9.30. The van der Waals surface area contributed by atoms with Gasteiger partial charge in [0.1, 0.15) is 11.6 Å². The molecule has 0 radical (unpaired) electrons. The van der Waals surface area contributed by atoms with E-state index in [0.29, 0.717) is 48.8 Å². The van der Waals surface area contributed by atoms with Gasteiger partial charge in [0.05, 0.1) is 30.4 Å². The molecule has 3 aliphatic carbocycles. The highest BCUT2D eigenvalue weighted by atomic mass is 32.2. The number of carbonyl (C=O) groups is 2. The van der Waals surface area contributed by atoms with E-state index in [2.05, 4.69) is 16.7 Å². The molecule has 4 atom stereocenters. The van der Waals surface area contributed by atoms with E-state index in [-0.39, 0.29) is 29.6 Å². The molecule has 0 unspecified atom stereocenters. The third-order valence-corrected chi connectivity index (χ3v) is 10.6. The number of nitrogens with one attached hydrogen (secondary N) is 2. The molecule has 0 spiro atoms. The van der Waals surface area contributed by atoms with Gasteiger partial charge in [-0.1, -0.05) is 11.6 Å². The molecule has 2 N–H and O–H groups in total. The van der Waals surface area contributed by atoms with Gasteiger partial charge in [0.15, 0.2) is 0 Å². The Labute approximate surface area is 252 Å². The summed E-state index contributed by atoms with van der Waals surface area (Å²) in [6, 6.07) is 5.06. The summed E-state index contributed by atoms with van der Waals surface area (Å²) < 4.78 is 85.1. The zero-order chi connectivity index (χ0) is 31.6. The van der Waals surface area contributed by atoms with Crippen molar-refractivity contribution >= 4 is 27.5 Å². The normalized spacial score (nSPS) is 26.0. The topological polar surface area (TPSA) is 105 Å². The maximum Gasteiger partial charge on any atom is 0.419 e. The molecule has 13 heteroatoms. The first kappa shape index (κ1) is 30.6. The van der Waals surface area contributed by atoms with Crippen LogP contribution in [0.25, 0.3) is 0 Å². The Balaban J connectivity index is 1.29. The van der Waals surface area contributed by atoms with E-state index in [1.807, 2.05) is 0 Å². The average Bonchev–Trinajstić information content (AvgIpc) is 3.64. The van der Waals surface area contributed by atoms with Crippen molar-refractivity contribution in [3.63, 3.8) is 0 Å². The van der Waals surface area contributed by atoms with Crippen LogP contribution in [-0.4, -0.2) is 50.5 Å². The van der Waals surface area contributed by atoms with Gasteiger partial charge in [-0.25, -0.2) is 12.8 Å². The summed E-state index contributed by atoms with van der Waals surface area (Å²) >= 11 is 0. The van der Waals surface area contributed by atoms with E-state index >= 15 is 0 Å². The minimum atomic E-state index is -4.93. The lowest BCUT2D eigenvalue weighted by Crippen LogP contribution is -2.48. The van der Waals surface area contributed by atoms with Crippen LogP contribution in [0.3, 0.4) is 0 Å². The van der Waals surface area contributed by atoms with Crippen molar-refractivity contribution in [2.24, 2.45) is 23.7 Å². The summed E-state index contributed by atoms with van der Waals surface area (Å²) in [4.78, 5) is 27.6. The molecule has 4 aliphatic rings. The Bertz CT molecular complexity index is 1650. The number of fused-ring (bicyclic) bond motifs is 3. The lowest BCUT2D eigenvalue weighted by molar-refractivity contribution is -0.140. The fraction of sp³-hybridized carbons (Fsp3) is 0.484. The van der Waals surface area contributed by atoms with Crippen molar-refractivity contribution < 1.29 is 40.3 Å². The Morgan fingerprint density at radius 1 is 1.05 bits per heavy atom. The number of allylic oxidation sites excluding steroid dienone is 1. The Kier molecular flexibility index (Phi) is 7.76. The number of ether oxygens (including phenoxy) is 1. The van der Waals surface area contributed by atoms with Gasteiger partial charge in [-0.15, -0.1) is 0 Å². The van der Waals surface area contributed by atoms with Crippen LogP contribution in [0, 0.1) is 29.5 Å². The second-order valence-electron chi connectivity index (χ2n) is 12.2. The molecule has 1 aliphatic heterocycles. The zero-order valence-corrected chi connectivity index (χ0v) is 25.0. The minimum absolute atomic E-state index is 0.115. The zero-order valence-electron chi connectivity index (χ0n) is 24.2. The summed E-state index contributed by atoms with van der Waals surface area (Å²) in [5, 5.41) is 5.59. The van der Waals surface area contributed by atoms with Crippen LogP contribution in [-0.2, 0) is 34.0 Å². The number of amides is 2. The maximum atomic E-state index is 13.9. The molecule has 2 amide bonds. The van der Waals surface area contributed by atoms with E-state index < -0.39 is 51.4 Å². The van der Waals surface area contributed by atoms with Crippen molar-refractivity contribution in [1.29, 1.82) is 0 Å². The van der Waals surface area contributed by atoms with E-state index in [1.54, 1.807) is 12.1 Å². The highest BCUT2D eigenvalue weighted by Crippen LogP contribution is 2.54. The lowest BCUT2D eigenvalue weighted by atomic mass is 9.83. The molecule has 0 saturated heterocycles. The minimum Gasteiger partial charge on any atom is -0.496 e. The first-order valence-electron chi connectivity index (χ1n) is 14.6. The number of halogens is 4. The number of hydrogen-bond acceptors (Lipinski definition) is 5. The van der Waals surface area contributed by atoms with E-state index in [4.69, 9.17) is 4.74 Å². The number of nitrogens with zero attached hydrogens (tertiary/aromatic N) is 1. The standard InChI is InChI=1S/C31H33F4N3O5S/c1-43-26-13-17-9-10-38(44(2,41)42)15-18(17)12-23(26)29(39)37-28-21-7-6-20(22(21)11-16-3-4-16)27(28)30(40)36-19-5-8-25(32)24(14-19)31(33,34)35/h5,8,11-14,16,20-21,27-28H,3-4,6-7,9-10,15H2,1-2H3,(H,36,40)(H,37,39)/t20-,21+,27-,28+/m0/s1. The monoisotopic (exact) mass is 635 g/mol. The Morgan fingerprint density at radius 2 is 1.77 bits per heavy atom. The number of carbonyl (C=O) groups excluding carboxylic acids is 2. The van der Waals surface area contributed by atoms with Gasteiger partial charge < -0.3 is 15.4 Å². The van der Waals surface area contributed by atoms with Gasteiger partial charge >= 0.3 is 6.18 Å². The van der Waals surface area contributed by atoms with Crippen LogP contribution in [0.2, 0.25) is 0 Å². The molecular weight excluding hydrogens is 602 g/mol. The van der Waals surface area contributed by atoms with Crippen molar-refractivity contribution in [2.75, 3.05) is 25.2 Å². The number of benzene rings is 2. The van der Waals surface area contributed by atoms with Gasteiger partial charge in [0, 0.05) is 30.7 Å². The number of sulfonamides is 1. The predicted octanol–water partition coefficient (Wildman–Crippen LogP) is 4.90. The third kappa shape index (κ3) is 5.83. The molecule has 3 fully saturated rings. The second kappa shape index (κ2) is 11.2. The molecule has 2 bridgehead atoms. The van der Waals surface area contributed by atoms with Gasteiger partial charge in [0.2, 0.25) is 15.9 Å². The highest BCUT2D eigenvalue weighted by Gasteiger charge is 2.55. The highest BCUT2D eigenvalue weighted by molar-refractivity contribution is 7.88. The lowest BCUT2D eigenvalue weighted by Gasteiger charge is -2.31. The van der Waals surface area contributed by atoms with Crippen LogP contribution < -0.4 is 15.4 Å². The number of methoxy groups -OCH3 is 1. The van der Waals surface area contributed by atoms with Crippen LogP contribution in [0.15, 0.2) is 42.0 Å². The quantitative estimate of drug-likeness (QED) is 0.333. The molecule has 0 aromatic heterocycles. The fourth-order valence-electron chi connectivity index (χ4n) is 7.03. The van der Waals surface area contributed by atoms with Gasteiger partial charge in [-0.2, -0.15) is 17.5 Å². The van der Waals surface area contributed by atoms with E-state index in [1.165, 1.54) is 11.4 Å². The van der Waals surface area contributed by atoms with Crippen molar-refractivity contribution in [3.05, 3.63) is 70.1 Å². The molecular formula is C31H33F4N3O5S. The number of alkyl halides is 3. The smallest absolute Gasteiger partial charge is 0.419 e. The Hall–Kier alpha value is -3.45. The van der Waals surface area contributed by atoms with Crippen molar-refractivity contribution in [2.45, 2.75) is 50.9 Å². The molecule has 6 rings (SSSR count). The molecule has 8 nitrogen and oxygen atoms in total. The van der Waals surface area contributed by atoms with Crippen LogP contribution in [0.5, 0.6) is 5.75 Å². The molecule has 44 heavy (non-hydrogen) atoms. The maximum absolute atomic E-state index is 13.9. The van der Waals surface area contributed by atoms with Gasteiger partial charge in [-0.05, 0) is 85.4 Å². The van der Waals surface area contributed by atoms with Gasteiger partial charge in [-0.3, -0.25) is 9.59 Å². The summed E-state index contributed by atoms with van der Waals surface area (Å²) in [7, 11) is -2.00. The van der Waals surface area contributed by atoms with Crippen molar-refractivity contribution in [1.82, 2.24) is 9.62 Å². The summed E-state index contributed by atoms with van der Waals surface area (Å²) in [6.07, 6.45) is 2.40. The molecule has 236 valence electrons. The van der Waals surface area contributed by atoms with Crippen LogP contribution in [0.4, 0.5) is 23.2 Å². The van der Waals surface area contributed by atoms with E-state index in [9.17, 15) is 35.6 Å². The molecule has 3 saturated carbocycles. The average molecular weight is 636 g/mol. The second-order valence-corrected chi connectivity index (χ2v) is 14.2. The van der Waals surface area contributed by atoms with Crippen molar-refractivity contribution in [3.8, 4) is 5.75 Å². The van der Waals surface area contributed by atoms with Crippen LogP contribution >= 0.6 is 0 Å². The summed E-state index contributed by atoms with van der Waals surface area (Å²) in [6.45, 7) is 0.431. The van der Waals surface area contributed by atoms with E-state index in [0.717, 1.165) is 42.7 Å². The first-order valence-corrected chi connectivity index (χ1v) is 16.4. The number of hydrogen-bond donors (Lipinski definition) is 2.